The van der Waals surface area contributed by atoms with Crippen molar-refractivity contribution in [3.8, 4) is 34.1 Å². The van der Waals surface area contributed by atoms with E-state index in [1.807, 2.05) is 48.9 Å². The Kier molecular flexibility index (Phi) is 6.27. The first-order valence-corrected chi connectivity index (χ1v) is 15.2. The van der Waals surface area contributed by atoms with Crippen LogP contribution in [0.4, 0.5) is 0 Å². The number of aromatic nitrogens is 4. The summed E-state index contributed by atoms with van der Waals surface area (Å²) in [5.41, 5.74) is 8.77. The van der Waals surface area contributed by atoms with Gasteiger partial charge in [0.25, 0.3) is 0 Å². The molecule has 0 amide bonds. The lowest BCUT2D eigenvalue weighted by Crippen LogP contribution is -2.12. The number of pyridine rings is 1. The van der Waals surface area contributed by atoms with E-state index in [1.54, 1.807) is 0 Å². The largest absolute Gasteiger partial charge is 0.457 e. The molecule has 0 saturated carbocycles. The van der Waals surface area contributed by atoms with Gasteiger partial charge in [-0.15, -0.1) is 0 Å². The van der Waals surface area contributed by atoms with Crippen LogP contribution in [-0.2, 0) is 5.41 Å². The van der Waals surface area contributed by atoms with Gasteiger partial charge in [-0.3, -0.25) is 9.13 Å². The number of para-hydroxylation sites is 2. The SMILES string of the molecule is CC(C)(C)c1ccnc(-n2c3ccc(-c4ccccc4)cc3c3ccc(Oc4cccc(-n5cnc6ccccc65)c4)cc32)c1. The standard InChI is InChI=1S/C40H32N4O/c1-40(2,3)29-20-21-41-39(23-29)44-36-19-16-28(27-10-5-4-6-11-27)22-34(36)33-18-17-32(25-38(33)44)45-31-13-9-12-30(24-31)43-26-42-35-14-7-8-15-37(35)43/h4-26H,1-3H3. The van der Waals surface area contributed by atoms with Crippen molar-refractivity contribution in [3.63, 3.8) is 0 Å². The summed E-state index contributed by atoms with van der Waals surface area (Å²) in [5, 5.41) is 2.33. The maximum atomic E-state index is 6.53. The van der Waals surface area contributed by atoms with Gasteiger partial charge < -0.3 is 4.74 Å². The number of nitrogens with zero attached hydrogens (tertiary/aromatic N) is 4. The minimum Gasteiger partial charge on any atom is -0.457 e. The van der Waals surface area contributed by atoms with E-state index < -0.39 is 0 Å². The van der Waals surface area contributed by atoms with Gasteiger partial charge in [-0.2, -0.15) is 0 Å². The Balaban J connectivity index is 1.26. The van der Waals surface area contributed by atoms with E-state index >= 15 is 0 Å². The van der Waals surface area contributed by atoms with Crippen molar-refractivity contribution in [1.82, 2.24) is 19.1 Å². The average molecular weight is 585 g/mol. The number of fused-ring (bicyclic) bond motifs is 4. The maximum absolute atomic E-state index is 6.53. The third kappa shape index (κ3) is 4.83. The molecule has 0 saturated heterocycles. The second-order valence-electron chi connectivity index (χ2n) is 12.5. The van der Waals surface area contributed by atoms with Crippen LogP contribution < -0.4 is 4.74 Å². The lowest BCUT2D eigenvalue weighted by molar-refractivity contribution is 0.483. The number of benzene rings is 5. The fourth-order valence-corrected chi connectivity index (χ4v) is 6.13. The number of ether oxygens (including phenoxy) is 1. The van der Waals surface area contributed by atoms with Crippen molar-refractivity contribution < 1.29 is 4.74 Å². The van der Waals surface area contributed by atoms with Crippen molar-refractivity contribution in [1.29, 1.82) is 0 Å². The van der Waals surface area contributed by atoms with Gasteiger partial charge in [0.2, 0.25) is 0 Å². The van der Waals surface area contributed by atoms with E-state index in [0.29, 0.717) is 0 Å². The van der Waals surface area contributed by atoms with Crippen molar-refractivity contribution >= 4 is 32.8 Å². The predicted octanol–water partition coefficient (Wildman–Crippen LogP) is 10.3. The Bertz CT molecular complexity index is 2340. The van der Waals surface area contributed by atoms with E-state index in [-0.39, 0.29) is 5.41 Å². The topological polar surface area (TPSA) is 44.9 Å². The number of hydrogen-bond acceptors (Lipinski definition) is 3. The molecule has 0 N–H and O–H groups in total. The Morgan fingerprint density at radius 2 is 1.40 bits per heavy atom. The zero-order chi connectivity index (χ0) is 30.5. The van der Waals surface area contributed by atoms with E-state index in [1.165, 1.54) is 22.1 Å². The first-order chi connectivity index (χ1) is 21.9. The minimum atomic E-state index is -0.00319. The molecule has 8 aromatic rings. The molecule has 0 atom stereocenters. The normalized spacial score (nSPS) is 11.9. The molecule has 3 heterocycles. The lowest BCUT2D eigenvalue weighted by atomic mass is 9.88. The van der Waals surface area contributed by atoms with Gasteiger partial charge in [0, 0.05) is 29.1 Å². The molecule has 0 spiro atoms. The van der Waals surface area contributed by atoms with Crippen LogP contribution in [-0.4, -0.2) is 19.1 Å². The molecule has 5 nitrogen and oxygen atoms in total. The number of hydrogen-bond donors (Lipinski definition) is 0. The third-order valence-corrected chi connectivity index (χ3v) is 8.47. The van der Waals surface area contributed by atoms with Gasteiger partial charge >= 0.3 is 0 Å². The highest BCUT2D eigenvalue weighted by Crippen LogP contribution is 2.38. The predicted molar refractivity (Wildman–Crippen MR) is 184 cm³/mol. The summed E-state index contributed by atoms with van der Waals surface area (Å²) in [6, 6.07) is 44.1. The summed E-state index contributed by atoms with van der Waals surface area (Å²) in [6.07, 6.45) is 3.77. The van der Waals surface area contributed by atoms with Crippen LogP contribution in [0.1, 0.15) is 26.3 Å². The van der Waals surface area contributed by atoms with E-state index in [2.05, 4.69) is 126 Å². The van der Waals surface area contributed by atoms with E-state index in [0.717, 1.165) is 50.5 Å². The Labute approximate surface area is 262 Å². The summed E-state index contributed by atoms with van der Waals surface area (Å²) in [5.74, 6) is 2.40. The molecule has 0 aliphatic rings. The summed E-state index contributed by atoms with van der Waals surface area (Å²) in [6.45, 7) is 6.70. The first kappa shape index (κ1) is 26.9. The molecule has 0 bridgehead atoms. The monoisotopic (exact) mass is 584 g/mol. The van der Waals surface area contributed by atoms with Crippen LogP contribution >= 0.6 is 0 Å². The van der Waals surface area contributed by atoms with Gasteiger partial charge in [0.1, 0.15) is 23.6 Å². The molecule has 8 rings (SSSR count). The zero-order valence-electron chi connectivity index (χ0n) is 25.5. The fourth-order valence-electron chi connectivity index (χ4n) is 6.13. The Morgan fingerprint density at radius 3 is 2.27 bits per heavy atom. The first-order valence-electron chi connectivity index (χ1n) is 15.2. The van der Waals surface area contributed by atoms with Gasteiger partial charge in [0.15, 0.2) is 0 Å². The molecule has 5 heteroatoms. The third-order valence-electron chi connectivity index (χ3n) is 8.47. The fraction of sp³-hybridized carbons (Fsp3) is 0.100. The molecule has 0 aliphatic heterocycles. The highest BCUT2D eigenvalue weighted by Gasteiger charge is 2.19. The van der Waals surface area contributed by atoms with Crippen molar-refractivity contribution in [2.75, 3.05) is 0 Å². The molecular weight excluding hydrogens is 552 g/mol. The summed E-state index contributed by atoms with van der Waals surface area (Å²) < 4.78 is 10.9. The highest BCUT2D eigenvalue weighted by molar-refractivity contribution is 6.10. The van der Waals surface area contributed by atoms with E-state index in [4.69, 9.17) is 9.72 Å². The molecule has 5 aromatic carbocycles. The molecular formula is C40H32N4O. The van der Waals surface area contributed by atoms with Crippen molar-refractivity contribution in [2.45, 2.75) is 26.2 Å². The van der Waals surface area contributed by atoms with Crippen LogP contribution in [0.2, 0.25) is 0 Å². The average Bonchev–Trinajstić information content (AvgIpc) is 3.64. The van der Waals surface area contributed by atoms with Gasteiger partial charge in [-0.1, -0.05) is 75.4 Å². The van der Waals surface area contributed by atoms with E-state index in [9.17, 15) is 0 Å². The summed E-state index contributed by atoms with van der Waals surface area (Å²) >= 11 is 0. The Hall–Kier alpha value is -5.68. The summed E-state index contributed by atoms with van der Waals surface area (Å²) in [7, 11) is 0. The molecule has 0 fully saturated rings. The van der Waals surface area contributed by atoms with Gasteiger partial charge in [-0.25, -0.2) is 9.97 Å². The molecule has 0 aliphatic carbocycles. The van der Waals surface area contributed by atoms with Gasteiger partial charge in [0.05, 0.1) is 27.8 Å². The second-order valence-corrected chi connectivity index (χ2v) is 12.5. The Morgan fingerprint density at radius 1 is 0.578 bits per heavy atom. The van der Waals surface area contributed by atoms with Crippen LogP contribution in [0, 0.1) is 0 Å². The molecule has 0 unspecified atom stereocenters. The lowest BCUT2D eigenvalue weighted by Gasteiger charge is -2.20. The van der Waals surface area contributed by atoms with Crippen LogP contribution in [0.3, 0.4) is 0 Å². The molecule has 45 heavy (non-hydrogen) atoms. The number of rotatable bonds is 5. The smallest absolute Gasteiger partial charge is 0.137 e. The number of imidazole rings is 1. The maximum Gasteiger partial charge on any atom is 0.137 e. The second kappa shape index (κ2) is 10.5. The summed E-state index contributed by atoms with van der Waals surface area (Å²) in [4.78, 5) is 9.43. The molecule has 3 aromatic heterocycles. The van der Waals surface area contributed by atoms with Crippen LogP contribution in [0.15, 0.2) is 140 Å². The van der Waals surface area contributed by atoms with Crippen LogP contribution in [0.5, 0.6) is 11.5 Å². The van der Waals surface area contributed by atoms with Gasteiger partial charge in [-0.05, 0) is 82.8 Å². The zero-order valence-corrected chi connectivity index (χ0v) is 25.5. The molecule has 0 radical (unpaired) electrons. The minimum absolute atomic E-state index is 0.00319. The highest BCUT2D eigenvalue weighted by atomic mass is 16.5. The quantitative estimate of drug-likeness (QED) is 0.202. The molecule has 218 valence electrons. The van der Waals surface area contributed by atoms with Crippen molar-refractivity contribution in [2.24, 2.45) is 0 Å². The van der Waals surface area contributed by atoms with Crippen LogP contribution in [0.25, 0.3) is 55.5 Å². The van der Waals surface area contributed by atoms with Crippen molar-refractivity contribution in [3.05, 3.63) is 145 Å².